The van der Waals surface area contributed by atoms with Gasteiger partial charge in [-0.25, -0.2) is 4.39 Å². The molecule has 1 aromatic carbocycles. The van der Waals surface area contributed by atoms with Gasteiger partial charge < -0.3 is 10.4 Å². The lowest BCUT2D eigenvalue weighted by Gasteiger charge is -2.23. The molecule has 2 atom stereocenters. The Morgan fingerprint density at radius 3 is 2.76 bits per heavy atom. The minimum Gasteiger partial charge on any atom is -0.391 e. The van der Waals surface area contributed by atoms with Crippen LogP contribution in [0.15, 0.2) is 18.2 Å². The highest BCUT2D eigenvalue weighted by molar-refractivity contribution is 5.47. The predicted octanol–water partition coefficient (Wildman–Crippen LogP) is 3.24. The topological polar surface area (TPSA) is 32.3 Å². The zero-order valence-electron chi connectivity index (χ0n) is 10.2. The molecule has 1 saturated carbocycles. The Bertz CT molecular complexity index is 380. The van der Waals surface area contributed by atoms with Crippen LogP contribution < -0.4 is 5.32 Å². The summed E-state index contributed by atoms with van der Waals surface area (Å²) in [5.41, 5.74) is 1.41. The van der Waals surface area contributed by atoms with Crippen LogP contribution >= 0.6 is 0 Å². The number of benzene rings is 1. The van der Waals surface area contributed by atoms with Gasteiger partial charge in [0.05, 0.1) is 17.8 Å². The van der Waals surface area contributed by atoms with Crippen molar-refractivity contribution in [3.63, 3.8) is 0 Å². The molecule has 0 aliphatic heterocycles. The molecular formula is C14H20FNO. The average molecular weight is 237 g/mol. The van der Waals surface area contributed by atoms with Crippen LogP contribution in [0.4, 0.5) is 10.1 Å². The minimum absolute atomic E-state index is 0.0188. The number of halogens is 1. The largest absolute Gasteiger partial charge is 0.391 e. The van der Waals surface area contributed by atoms with E-state index >= 15 is 0 Å². The smallest absolute Gasteiger partial charge is 0.146 e. The van der Waals surface area contributed by atoms with Crippen LogP contribution in [0.25, 0.3) is 0 Å². The first-order chi connectivity index (χ1) is 8.16. The Labute approximate surface area is 102 Å². The molecule has 3 heteroatoms. The third-order valence-corrected chi connectivity index (χ3v) is 3.44. The van der Waals surface area contributed by atoms with Crippen LogP contribution in [0.5, 0.6) is 0 Å². The van der Waals surface area contributed by atoms with Crippen molar-refractivity contribution in [2.75, 3.05) is 5.32 Å². The monoisotopic (exact) mass is 237 g/mol. The molecule has 2 rings (SSSR count). The maximum Gasteiger partial charge on any atom is 0.146 e. The van der Waals surface area contributed by atoms with Crippen LogP contribution in [0, 0.1) is 12.7 Å². The second-order valence-corrected chi connectivity index (χ2v) is 4.94. The van der Waals surface area contributed by atoms with E-state index in [1.165, 1.54) is 6.07 Å². The maximum absolute atomic E-state index is 13.7. The minimum atomic E-state index is -0.363. The summed E-state index contributed by atoms with van der Waals surface area (Å²) >= 11 is 0. The summed E-state index contributed by atoms with van der Waals surface area (Å²) in [6.07, 6.45) is 4.68. The van der Waals surface area contributed by atoms with Gasteiger partial charge in [-0.1, -0.05) is 25.3 Å². The summed E-state index contributed by atoms with van der Waals surface area (Å²) in [4.78, 5) is 0. The molecule has 94 valence electrons. The molecule has 0 radical (unpaired) electrons. The highest BCUT2D eigenvalue weighted by Crippen LogP contribution is 2.23. The number of rotatable bonds is 2. The van der Waals surface area contributed by atoms with Crippen LogP contribution in [0.2, 0.25) is 0 Å². The Kier molecular flexibility index (Phi) is 4.00. The number of hydrogen-bond acceptors (Lipinski definition) is 2. The second kappa shape index (κ2) is 5.50. The number of aryl methyl sites for hydroxylation is 1. The summed E-state index contributed by atoms with van der Waals surface area (Å²) in [6.45, 7) is 1.87. The van der Waals surface area contributed by atoms with E-state index in [2.05, 4.69) is 5.32 Å². The molecule has 0 saturated heterocycles. The van der Waals surface area contributed by atoms with Crippen LogP contribution in [0.3, 0.4) is 0 Å². The molecule has 0 spiro atoms. The molecule has 17 heavy (non-hydrogen) atoms. The van der Waals surface area contributed by atoms with Gasteiger partial charge in [-0.15, -0.1) is 0 Å². The highest BCUT2D eigenvalue weighted by Gasteiger charge is 2.22. The molecule has 1 aliphatic carbocycles. The van der Waals surface area contributed by atoms with Crippen LogP contribution in [-0.4, -0.2) is 17.3 Å². The summed E-state index contributed by atoms with van der Waals surface area (Å²) < 4.78 is 13.7. The first-order valence-corrected chi connectivity index (χ1v) is 6.37. The maximum atomic E-state index is 13.7. The van der Waals surface area contributed by atoms with E-state index in [-0.39, 0.29) is 18.0 Å². The standard InChI is InChI=1S/C14H20FNO/c1-10-7-8-12(11(15)9-10)16-13-5-3-2-4-6-14(13)17/h7-9,13-14,16-17H,2-6H2,1H3. The second-order valence-electron chi connectivity index (χ2n) is 4.94. The fourth-order valence-electron chi connectivity index (χ4n) is 2.39. The van der Waals surface area contributed by atoms with Gasteiger partial charge in [0.2, 0.25) is 0 Å². The molecule has 0 heterocycles. The summed E-state index contributed by atoms with van der Waals surface area (Å²) in [5.74, 6) is -0.235. The lowest BCUT2D eigenvalue weighted by molar-refractivity contribution is 0.144. The van der Waals surface area contributed by atoms with Gasteiger partial charge in [-0.2, -0.15) is 0 Å². The predicted molar refractivity (Wildman–Crippen MR) is 67.6 cm³/mol. The fraction of sp³-hybridized carbons (Fsp3) is 0.571. The van der Waals surface area contributed by atoms with Gasteiger partial charge in [-0.05, 0) is 37.5 Å². The third kappa shape index (κ3) is 3.19. The van der Waals surface area contributed by atoms with Crippen LogP contribution in [-0.2, 0) is 0 Å². The van der Waals surface area contributed by atoms with Gasteiger partial charge in [0.15, 0.2) is 0 Å². The quantitative estimate of drug-likeness (QED) is 0.774. The lowest BCUT2D eigenvalue weighted by atomic mass is 10.1. The lowest BCUT2D eigenvalue weighted by Crippen LogP contribution is -2.32. The van der Waals surface area contributed by atoms with Crippen molar-refractivity contribution >= 4 is 5.69 Å². The molecule has 0 bridgehead atoms. The number of hydrogen-bond donors (Lipinski definition) is 2. The van der Waals surface area contributed by atoms with Gasteiger partial charge in [0.25, 0.3) is 0 Å². The fourth-order valence-corrected chi connectivity index (χ4v) is 2.39. The third-order valence-electron chi connectivity index (χ3n) is 3.44. The number of nitrogens with one attached hydrogen (secondary N) is 1. The molecule has 0 amide bonds. The molecule has 1 aromatic rings. The summed E-state index contributed by atoms with van der Waals surface area (Å²) in [6, 6.07) is 5.14. The van der Waals surface area contributed by atoms with E-state index in [1.807, 2.05) is 13.0 Å². The van der Waals surface area contributed by atoms with Crippen LogP contribution in [0.1, 0.15) is 37.7 Å². The molecule has 1 fully saturated rings. The van der Waals surface area contributed by atoms with Gasteiger partial charge in [0.1, 0.15) is 5.82 Å². The zero-order valence-corrected chi connectivity index (χ0v) is 10.2. The normalized spacial score (nSPS) is 25.4. The van der Waals surface area contributed by atoms with Crippen molar-refractivity contribution in [3.05, 3.63) is 29.6 Å². The van der Waals surface area contributed by atoms with Gasteiger partial charge in [0, 0.05) is 0 Å². The Hall–Kier alpha value is -1.09. The molecule has 2 unspecified atom stereocenters. The number of anilines is 1. The first-order valence-electron chi connectivity index (χ1n) is 6.37. The van der Waals surface area contributed by atoms with Crippen molar-refractivity contribution in [1.29, 1.82) is 0 Å². The summed E-state index contributed by atoms with van der Waals surface area (Å²) in [5, 5.41) is 13.1. The number of aliphatic hydroxyl groups excluding tert-OH is 1. The Morgan fingerprint density at radius 2 is 2.00 bits per heavy atom. The van der Waals surface area contributed by atoms with Gasteiger partial charge in [-0.3, -0.25) is 0 Å². The SMILES string of the molecule is Cc1ccc(NC2CCCCCC2O)c(F)c1. The first kappa shape index (κ1) is 12.4. The Morgan fingerprint density at radius 1 is 1.24 bits per heavy atom. The van der Waals surface area contributed by atoms with Gasteiger partial charge >= 0.3 is 0 Å². The molecule has 2 N–H and O–H groups in total. The van der Waals surface area contributed by atoms with E-state index < -0.39 is 0 Å². The van der Waals surface area contributed by atoms with E-state index in [9.17, 15) is 9.50 Å². The molecule has 0 aromatic heterocycles. The van der Waals surface area contributed by atoms with E-state index in [4.69, 9.17) is 0 Å². The van der Waals surface area contributed by atoms with Crippen molar-refractivity contribution < 1.29 is 9.50 Å². The Balaban J connectivity index is 2.08. The van der Waals surface area contributed by atoms with Crippen molar-refractivity contribution in [2.45, 2.75) is 51.2 Å². The number of aliphatic hydroxyl groups is 1. The van der Waals surface area contributed by atoms with E-state index in [0.29, 0.717) is 5.69 Å². The molecular weight excluding hydrogens is 217 g/mol. The van der Waals surface area contributed by atoms with E-state index in [1.54, 1.807) is 6.07 Å². The van der Waals surface area contributed by atoms with Crippen molar-refractivity contribution in [2.24, 2.45) is 0 Å². The van der Waals surface area contributed by atoms with E-state index in [0.717, 1.165) is 37.7 Å². The molecule has 2 nitrogen and oxygen atoms in total. The van der Waals surface area contributed by atoms with Crippen molar-refractivity contribution in [3.8, 4) is 0 Å². The molecule has 1 aliphatic rings. The van der Waals surface area contributed by atoms with Crippen molar-refractivity contribution in [1.82, 2.24) is 0 Å². The summed E-state index contributed by atoms with van der Waals surface area (Å²) in [7, 11) is 0. The highest BCUT2D eigenvalue weighted by atomic mass is 19.1. The average Bonchev–Trinajstić information content (AvgIpc) is 2.48. The zero-order chi connectivity index (χ0) is 12.3.